The Balaban J connectivity index is 1.76. The van der Waals surface area contributed by atoms with Crippen LogP contribution in [0, 0.1) is 5.92 Å². The highest BCUT2D eigenvalue weighted by Gasteiger charge is 2.18. The lowest BCUT2D eigenvalue weighted by molar-refractivity contribution is 0.175. The summed E-state index contributed by atoms with van der Waals surface area (Å²) in [6, 6.07) is 10.4. The number of halogens is 1. The highest BCUT2D eigenvalue weighted by atomic mass is 35.5. The zero-order chi connectivity index (χ0) is 13.9. The van der Waals surface area contributed by atoms with Crippen LogP contribution in [0.2, 0.25) is 5.15 Å². The van der Waals surface area contributed by atoms with E-state index >= 15 is 0 Å². The summed E-state index contributed by atoms with van der Waals surface area (Å²) in [5.41, 5.74) is 2.13. The number of benzene rings is 1. The van der Waals surface area contributed by atoms with Gasteiger partial charge >= 0.3 is 0 Å². The average molecular weight is 289 g/mol. The van der Waals surface area contributed by atoms with E-state index in [9.17, 15) is 0 Å². The predicted molar refractivity (Wildman–Crippen MR) is 85.0 cm³/mol. The highest BCUT2D eigenvalue weighted by molar-refractivity contribution is 6.30. The number of nitrogens with zero attached hydrogens (tertiary/aromatic N) is 2. The first kappa shape index (κ1) is 13.8. The number of fused-ring (bicyclic) bond motifs is 1. The molecule has 2 heterocycles. The second-order valence-corrected chi connectivity index (χ2v) is 6.12. The summed E-state index contributed by atoms with van der Waals surface area (Å²) < 4.78 is 0. The molecule has 1 fully saturated rings. The Morgan fingerprint density at radius 3 is 2.75 bits per heavy atom. The van der Waals surface area contributed by atoms with Gasteiger partial charge in [0, 0.05) is 17.5 Å². The van der Waals surface area contributed by atoms with Gasteiger partial charge in [-0.3, -0.25) is 4.90 Å². The molecule has 3 rings (SSSR count). The Morgan fingerprint density at radius 2 is 2.00 bits per heavy atom. The van der Waals surface area contributed by atoms with E-state index in [0.29, 0.717) is 5.15 Å². The first-order chi connectivity index (χ1) is 9.76. The van der Waals surface area contributed by atoms with Gasteiger partial charge in [-0.2, -0.15) is 0 Å². The van der Waals surface area contributed by atoms with Crippen molar-refractivity contribution in [2.45, 2.75) is 32.7 Å². The van der Waals surface area contributed by atoms with Crippen LogP contribution in [0.15, 0.2) is 30.3 Å². The van der Waals surface area contributed by atoms with Crippen LogP contribution in [0.25, 0.3) is 10.9 Å². The normalized spacial score (nSPS) is 17.7. The van der Waals surface area contributed by atoms with E-state index < -0.39 is 0 Å². The number of hydrogen-bond donors (Lipinski definition) is 0. The van der Waals surface area contributed by atoms with Crippen LogP contribution >= 0.6 is 11.6 Å². The number of para-hydroxylation sites is 1. The van der Waals surface area contributed by atoms with E-state index in [1.165, 1.54) is 37.7 Å². The highest BCUT2D eigenvalue weighted by Crippen LogP contribution is 2.25. The van der Waals surface area contributed by atoms with E-state index in [4.69, 9.17) is 11.6 Å². The summed E-state index contributed by atoms with van der Waals surface area (Å²) in [7, 11) is 0. The molecule has 2 nitrogen and oxygen atoms in total. The summed E-state index contributed by atoms with van der Waals surface area (Å²) in [6.07, 6.45) is 3.94. The molecule has 1 aromatic heterocycles. The van der Waals surface area contributed by atoms with E-state index in [1.807, 2.05) is 12.1 Å². The SMILES string of the molecule is CCC1CCN(Cc2cc3ccccc3nc2Cl)CC1. The quantitative estimate of drug-likeness (QED) is 0.773. The Bertz CT molecular complexity index is 589. The number of aromatic nitrogens is 1. The van der Waals surface area contributed by atoms with Crippen molar-refractivity contribution in [1.82, 2.24) is 9.88 Å². The van der Waals surface area contributed by atoms with Crippen molar-refractivity contribution in [3.05, 3.63) is 41.0 Å². The Morgan fingerprint density at radius 1 is 1.25 bits per heavy atom. The molecule has 3 heteroatoms. The Hall–Kier alpha value is -1.12. The molecule has 0 spiro atoms. The van der Waals surface area contributed by atoms with E-state index in [1.54, 1.807) is 0 Å². The van der Waals surface area contributed by atoms with E-state index in [-0.39, 0.29) is 0 Å². The number of piperidine rings is 1. The fraction of sp³-hybridized carbons (Fsp3) is 0.471. The van der Waals surface area contributed by atoms with Crippen LogP contribution < -0.4 is 0 Å². The van der Waals surface area contributed by atoms with Crippen LogP contribution in [0.3, 0.4) is 0 Å². The van der Waals surface area contributed by atoms with Gasteiger partial charge in [-0.1, -0.05) is 43.1 Å². The molecule has 1 aromatic carbocycles. The van der Waals surface area contributed by atoms with Gasteiger partial charge in [0.2, 0.25) is 0 Å². The van der Waals surface area contributed by atoms with Gasteiger partial charge in [-0.25, -0.2) is 4.98 Å². The second kappa shape index (κ2) is 6.11. The van der Waals surface area contributed by atoms with Crippen LogP contribution in [0.1, 0.15) is 31.7 Å². The fourth-order valence-corrected chi connectivity index (χ4v) is 3.25. The topological polar surface area (TPSA) is 16.1 Å². The monoisotopic (exact) mass is 288 g/mol. The third kappa shape index (κ3) is 2.97. The lowest BCUT2D eigenvalue weighted by Crippen LogP contribution is -2.33. The summed E-state index contributed by atoms with van der Waals surface area (Å²) in [5, 5.41) is 1.83. The molecule has 0 amide bonds. The molecule has 1 aliphatic heterocycles. The first-order valence-electron chi connectivity index (χ1n) is 7.52. The first-order valence-corrected chi connectivity index (χ1v) is 7.90. The number of hydrogen-bond acceptors (Lipinski definition) is 2. The minimum atomic E-state index is 0.654. The van der Waals surface area contributed by atoms with E-state index in [0.717, 1.165) is 23.5 Å². The maximum atomic E-state index is 6.34. The summed E-state index contributed by atoms with van der Waals surface area (Å²) in [4.78, 5) is 7.01. The van der Waals surface area contributed by atoms with Crippen molar-refractivity contribution < 1.29 is 0 Å². The van der Waals surface area contributed by atoms with Gasteiger partial charge in [0.1, 0.15) is 5.15 Å². The molecule has 1 saturated heterocycles. The van der Waals surface area contributed by atoms with Gasteiger partial charge in [-0.05, 0) is 44.0 Å². The molecule has 1 aliphatic rings. The molecule has 106 valence electrons. The molecule has 0 radical (unpaired) electrons. The number of pyridine rings is 1. The van der Waals surface area contributed by atoms with Crippen LogP contribution in [0.4, 0.5) is 0 Å². The molecule has 0 saturated carbocycles. The number of likely N-dealkylation sites (tertiary alicyclic amines) is 1. The molecule has 0 aliphatic carbocycles. The minimum Gasteiger partial charge on any atom is -0.299 e. The lowest BCUT2D eigenvalue weighted by atomic mass is 9.94. The van der Waals surface area contributed by atoms with Gasteiger partial charge in [0.15, 0.2) is 0 Å². The van der Waals surface area contributed by atoms with Crippen LogP contribution in [-0.4, -0.2) is 23.0 Å². The molecule has 0 unspecified atom stereocenters. The van der Waals surface area contributed by atoms with Crippen molar-refractivity contribution in [2.24, 2.45) is 5.92 Å². The van der Waals surface area contributed by atoms with Crippen molar-refractivity contribution in [3.63, 3.8) is 0 Å². The smallest absolute Gasteiger partial charge is 0.134 e. The zero-order valence-electron chi connectivity index (χ0n) is 12.0. The van der Waals surface area contributed by atoms with Crippen molar-refractivity contribution >= 4 is 22.5 Å². The van der Waals surface area contributed by atoms with Crippen molar-refractivity contribution in [3.8, 4) is 0 Å². The molecular formula is C17H21ClN2. The lowest BCUT2D eigenvalue weighted by Gasteiger charge is -2.31. The largest absolute Gasteiger partial charge is 0.299 e. The molecular weight excluding hydrogens is 268 g/mol. The van der Waals surface area contributed by atoms with Crippen molar-refractivity contribution in [1.29, 1.82) is 0 Å². The zero-order valence-corrected chi connectivity index (χ0v) is 12.7. The average Bonchev–Trinajstić information content (AvgIpc) is 2.49. The summed E-state index contributed by atoms with van der Waals surface area (Å²) >= 11 is 6.34. The molecule has 0 N–H and O–H groups in total. The van der Waals surface area contributed by atoms with Crippen LogP contribution in [0.5, 0.6) is 0 Å². The molecule has 2 aromatic rings. The van der Waals surface area contributed by atoms with Crippen LogP contribution in [-0.2, 0) is 6.54 Å². The number of rotatable bonds is 3. The second-order valence-electron chi connectivity index (χ2n) is 5.76. The van der Waals surface area contributed by atoms with Gasteiger partial charge in [0.25, 0.3) is 0 Å². The van der Waals surface area contributed by atoms with Gasteiger partial charge < -0.3 is 0 Å². The maximum Gasteiger partial charge on any atom is 0.134 e. The third-order valence-corrected chi connectivity index (χ3v) is 4.76. The summed E-state index contributed by atoms with van der Waals surface area (Å²) in [5.74, 6) is 0.913. The fourth-order valence-electron chi connectivity index (χ4n) is 3.04. The predicted octanol–water partition coefficient (Wildman–Crippen LogP) is 4.51. The third-order valence-electron chi connectivity index (χ3n) is 4.43. The minimum absolute atomic E-state index is 0.654. The van der Waals surface area contributed by atoms with Gasteiger partial charge in [-0.15, -0.1) is 0 Å². The van der Waals surface area contributed by atoms with Crippen molar-refractivity contribution in [2.75, 3.05) is 13.1 Å². The van der Waals surface area contributed by atoms with Gasteiger partial charge in [0.05, 0.1) is 5.52 Å². The molecule has 20 heavy (non-hydrogen) atoms. The standard InChI is InChI=1S/C17H21ClN2/c1-2-13-7-9-20(10-8-13)12-15-11-14-5-3-4-6-16(14)19-17(15)18/h3-6,11,13H,2,7-10,12H2,1H3. The molecule has 0 atom stereocenters. The Labute approximate surface area is 125 Å². The van der Waals surface area contributed by atoms with E-state index in [2.05, 4.69) is 35.0 Å². The summed E-state index contributed by atoms with van der Waals surface area (Å²) in [6.45, 7) is 5.58. The Kier molecular flexibility index (Phi) is 4.23. The molecule has 0 bridgehead atoms. The maximum absolute atomic E-state index is 6.34.